The molecule has 0 aliphatic rings. The molecule has 0 fully saturated rings. The lowest BCUT2D eigenvalue weighted by atomic mass is 9.91. The molecule has 0 unspecified atom stereocenters. The summed E-state index contributed by atoms with van der Waals surface area (Å²) in [6.07, 6.45) is 0. The van der Waals surface area contributed by atoms with Crippen molar-refractivity contribution in [3.8, 4) is 0 Å². The molecule has 0 amide bonds. The van der Waals surface area contributed by atoms with E-state index in [0.717, 1.165) is 0 Å². The molecule has 32 heavy (non-hydrogen) atoms. The van der Waals surface area contributed by atoms with Gasteiger partial charge in [-0.25, -0.2) is 4.48 Å². The molecule has 0 N–H and O–H groups in total. The first-order valence-corrected chi connectivity index (χ1v) is 11.1. The lowest BCUT2D eigenvalue weighted by Gasteiger charge is -2.44. The summed E-state index contributed by atoms with van der Waals surface area (Å²) < 4.78 is 0.566. The minimum Gasteiger partial charge on any atom is -0.217 e. The van der Waals surface area contributed by atoms with Gasteiger partial charge in [-0.15, -0.1) is 0 Å². The molecular formula is C31H26N+. The Balaban J connectivity index is 1.94. The van der Waals surface area contributed by atoms with Crippen LogP contribution < -0.4 is 4.48 Å². The number of quaternary nitrogens is 1. The van der Waals surface area contributed by atoms with E-state index in [1.807, 2.05) is 0 Å². The highest BCUT2D eigenvalue weighted by molar-refractivity contribution is 5.73. The van der Waals surface area contributed by atoms with E-state index in [4.69, 9.17) is 0 Å². The number of benzene rings is 5. The van der Waals surface area contributed by atoms with Gasteiger partial charge in [0, 0.05) is 11.1 Å². The van der Waals surface area contributed by atoms with Crippen molar-refractivity contribution in [2.75, 3.05) is 0 Å². The van der Waals surface area contributed by atoms with Gasteiger partial charge in [0.1, 0.15) is 17.1 Å². The van der Waals surface area contributed by atoms with Gasteiger partial charge >= 0.3 is 0 Å². The number of nitrogens with zero attached hydrogens (tertiary/aromatic N) is 1. The first kappa shape index (κ1) is 20.0. The maximum atomic E-state index is 2.25. The van der Waals surface area contributed by atoms with Crippen LogP contribution in [0.25, 0.3) is 0 Å². The zero-order chi connectivity index (χ0) is 21.6. The van der Waals surface area contributed by atoms with Gasteiger partial charge in [-0.05, 0) is 36.4 Å². The number of para-hydroxylation sites is 3. The fourth-order valence-electron chi connectivity index (χ4n) is 4.79. The highest BCUT2D eigenvalue weighted by atomic mass is 15.4. The summed E-state index contributed by atoms with van der Waals surface area (Å²) in [6.45, 7) is 0. The maximum Gasteiger partial charge on any atom is 0.154 e. The molecule has 5 rings (SSSR count). The van der Waals surface area contributed by atoms with Crippen molar-refractivity contribution in [3.63, 3.8) is 0 Å². The van der Waals surface area contributed by atoms with Crippen LogP contribution >= 0.6 is 0 Å². The zero-order valence-electron chi connectivity index (χ0n) is 18.0. The van der Waals surface area contributed by atoms with Gasteiger partial charge in [-0.3, -0.25) is 0 Å². The fourth-order valence-corrected chi connectivity index (χ4v) is 4.79. The Labute approximate surface area is 190 Å². The van der Waals surface area contributed by atoms with Gasteiger partial charge in [-0.1, -0.05) is 115 Å². The third kappa shape index (κ3) is 3.53. The summed E-state index contributed by atoms with van der Waals surface area (Å²) in [4.78, 5) is 0. The monoisotopic (exact) mass is 412 g/mol. The SMILES string of the molecule is c1ccc(C(c2ccccc2)[N+](c2ccccc2)(c2ccccc2)c2ccccc2)cc1. The van der Waals surface area contributed by atoms with E-state index in [0.29, 0.717) is 4.48 Å². The second kappa shape index (κ2) is 9.05. The van der Waals surface area contributed by atoms with Gasteiger partial charge in [0.05, 0.1) is 0 Å². The molecule has 154 valence electrons. The molecule has 1 heteroatoms. The Kier molecular flexibility index (Phi) is 5.65. The number of hydrogen-bond acceptors (Lipinski definition) is 0. The molecule has 0 saturated heterocycles. The molecule has 0 aliphatic carbocycles. The van der Waals surface area contributed by atoms with Crippen molar-refractivity contribution in [1.29, 1.82) is 0 Å². The van der Waals surface area contributed by atoms with E-state index in [9.17, 15) is 0 Å². The van der Waals surface area contributed by atoms with Gasteiger partial charge in [0.15, 0.2) is 6.04 Å². The van der Waals surface area contributed by atoms with Crippen molar-refractivity contribution >= 4 is 17.1 Å². The maximum absolute atomic E-state index is 2.25. The third-order valence-corrected chi connectivity index (χ3v) is 6.11. The Bertz CT molecular complexity index is 1100. The average molecular weight is 413 g/mol. The summed E-state index contributed by atoms with van der Waals surface area (Å²) in [7, 11) is 0. The lowest BCUT2D eigenvalue weighted by molar-refractivity contribution is 0.441. The largest absolute Gasteiger partial charge is 0.217 e. The predicted octanol–water partition coefficient (Wildman–Crippen LogP) is 8.45. The van der Waals surface area contributed by atoms with E-state index in [1.54, 1.807) is 0 Å². The van der Waals surface area contributed by atoms with E-state index in [-0.39, 0.29) is 6.04 Å². The Morgan fingerprint density at radius 3 is 0.844 bits per heavy atom. The van der Waals surface area contributed by atoms with Crippen LogP contribution in [0.5, 0.6) is 0 Å². The third-order valence-electron chi connectivity index (χ3n) is 6.11. The molecular weight excluding hydrogens is 386 g/mol. The standard InChI is InChI=1S/C31H26N/c1-6-16-26(17-7-1)31(27-18-8-2-9-19-27)32(28-20-10-3-11-21-28,29-22-12-4-13-23-29)30-24-14-5-15-25-30/h1-25,31H/q+1. The van der Waals surface area contributed by atoms with E-state index in [1.165, 1.54) is 28.2 Å². The minimum atomic E-state index is 0.0320. The topological polar surface area (TPSA) is 0 Å². The van der Waals surface area contributed by atoms with E-state index >= 15 is 0 Å². The Morgan fingerprint density at radius 2 is 0.562 bits per heavy atom. The van der Waals surface area contributed by atoms with E-state index in [2.05, 4.69) is 152 Å². The molecule has 0 bridgehead atoms. The van der Waals surface area contributed by atoms with Gasteiger partial charge in [0.25, 0.3) is 0 Å². The summed E-state index contributed by atoms with van der Waals surface area (Å²) in [6, 6.07) is 54.4. The van der Waals surface area contributed by atoms with Crippen LogP contribution in [0.1, 0.15) is 17.2 Å². The van der Waals surface area contributed by atoms with Crippen LogP contribution in [-0.2, 0) is 0 Å². The predicted molar refractivity (Wildman–Crippen MR) is 135 cm³/mol. The second-order valence-corrected chi connectivity index (χ2v) is 7.95. The van der Waals surface area contributed by atoms with Crippen molar-refractivity contribution in [2.24, 2.45) is 0 Å². The molecule has 0 radical (unpaired) electrons. The molecule has 5 aromatic carbocycles. The Hall–Kier alpha value is -3.94. The van der Waals surface area contributed by atoms with Crippen LogP contribution in [0.4, 0.5) is 17.1 Å². The zero-order valence-corrected chi connectivity index (χ0v) is 18.0. The van der Waals surface area contributed by atoms with Gasteiger partial charge in [0.2, 0.25) is 0 Å². The van der Waals surface area contributed by atoms with Crippen LogP contribution in [0, 0.1) is 0 Å². The van der Waals surface area contributed by atoms with Crippen LogP contribution in [0.15, 0.2) is 152 Å². The van der Waals surface area contributed by atoms with Gasteiger partial charge in [-0.2, -0.15) is 0 Å². The van der Waals surface area contributed by atoms with Crippen LogP contribution in [0.2, 0.25) is 0 Å². The molecule has 1 nitrogen and oxygen atoms in total. The second-order valence-electron chi connectivity index (χ2n) is 7.95. The van der Waals surface area contributed by atoms with Crippen LogP contribution in [-0.4, -0.2) is 0 Å². The smallest absolute Gasteiger partial charge is 0.154 e. The van der Waals surface area contributed by atoms with Crippen molar-refractivity contribution < 1.29 is 0 Å². The highest BCUT2D eigenvalue weighted by Gasteiger charge is 2.45. The number of hydrogen-bond donors (Lipinski definition) is 0. The fraction of sp³-hybridized carbons (Fsp3) is 0.0323. The Morgan fingerprint density at radius 1 is 0.312 bits per heavy atom. The molecule has 5 aromatic rings. The summed E-state index contributed by atoms with van der Waals surface area (Å²) in [5, 5.41) is 0. The summed E-state index contributed by atoms with van der Waals surface area (Å²) in [5.74, 6) is 0. The minimum absolute atomic E-state index is 0.0320. The number of rotatable bonds is 6. The molecule has 0 heterocycles. The van der Waals surface area contributed by atoms with E-state index < -0.39 is 0 Å². The lowest BCUT2D eigenvalue weighted by Crippen LogP contribution is -2.43. The molecule has 0 spiro atoms. The van der Waals surface area contributed by atoms with Gasteiger partial charge < -0.3 is 0 Å². The average Bonchev–Trinajstić information content (AvgIpc) is 2.90. The molecule has 0 aromatic heterocycles. The highest BCUT2D eigenvalue weighted by Crippen LogP contribution is 2.53. The summed E-state index contributed by atoms with van der Waals surface area (Å²) in [5.41, 5.74) is 6.22. The van der Waals surface area contributed by atoms with Crippen molar-refractivity contribution in [1.82, 2.24) is 4.48 Å². The first-order chi connectivity index (χ1) is 15.9. The summed E-state index contributed by atoms with van der Waals surface area (Å²) >= 11 is 0. The first-order valence-electron chi connectivity index (χ1n) is 11.1. The van der Waals surface area contributed by atoms with Crippen LogP contribution in [0.3, 0.4) is 0 Å². The quantitative estimate of drug-likeness (QED) is 0.245. The molecule has 0 atom stereocenters. The molecule has 0 aliphatic heterocycles. The van der Waals surface area contributed by atoms with Crippen molar-refractivity contribution in [3.05, 3.63) is 163 Å². The normalized spacial score (nSPS) is 11.4. The molecule has 0 saturated carbocycles. The van der Waals surface area contributed by atoms with Crippen molar-refractivity contribution in [2.45, 2.75) is 6.04 Å².